The molecule has 1 aliphatic carbocycles. The Kier molecular flexibility index (Phi) is 3.33. The largest absolute Gasteiger partial charge is 0.383 e. The Bertz CT molecular complexity index is 309. The smallest absolute Gasteiger partial charge is 0.223 e. The second-order valence-corrected chi connectivity index (χ2v) is 4.01. The molecular formula is C10H17N3O2. The van der Waals surface area contributed by atoms with E-state index in [0.29, 0.717) is 24.3 Å². The maximum Gasteiger partial charge on any atom is 0.223 e. The number of hydrogen-bond donors (Lipinski definition) is 1. The molecule has 1 N–H and O–H groups in total. The van der Waals surface area contributed by atoms with Gasteiger partial charge in [0.25, 0.3) is 0 Å². The monoisotopic (exact) mass is 211 g/mol. The third-order valence-corrected chi connectivity index (χ3v) is 2.63. The van der Waals surface area contributed by atoms with Gasteiger partial charge in [0.05, 0.1) is 13.2 Å². The first kappa shape index (κ1) is 10.6. The zero-order valence-corrected chi connectivity index (χ0v) is 9.19. The Labute approximate surface area is 89.2 Å². The normalized spacial score (nSPS) is 18.0. The third-order valence-electron chi connectivity index (χ3n) is 2.63. The average Bonchev–Trinajstić information content (AvgIpc) is 2.97. The highest BCUT2D eigenvalue weighted by Crippen LogP contribution is 2.32. The number of rotatable bonds is 6. The van der Waals surface area contributed by atoms with Crippen LogP contribution in [-0.4, -0.2) is 29.9 Å². The molecule has 1 heterocycles. The number of nitrogens with zero attached hydrogens (tertiary/aromatic N) is 2. The van der Waals surface area contributed by atoms with Crippen LogP contribution in [0, 0.1) is 12.8 Å². The Balaban J connectivity index is 1.79. The van der Waals surface area contributed by atoms with Gasteiger partial charge in [-0.15, -0.1) is 0 Å². The van der Waals surface area contributed by atoms with Crippen LogP contribution in [-0.2, 0) is 11.3 Å². The van der Waals surface area contributed by atoms with Crippen LogP contribution in [0.3, 0.4) is 0 Å². The number of aryl methyl sites for hydroxylation is 1. The zero-order valence-electron chi connectivity index (χ0n) is 9.19. The van der Waals surface area contributed by atoms with Crippen molar-refractivity contribution in [1.82, 2.24) is 15.5 Å². The predicted octanol–water partition coefficient (Wildman–Crippen LogP) is 0.893. The maximum atomic E-state index is 5.17. The Morgan fingerprint density at radius 3 is 2.93 bits per heavy atom. The van der Waals surface area contributed by atoms with Crippen LogP contribution < -0.4 is 5.32 Å². The molecule has 1 aromatic heterocycles. The van der Waals surface area contributed by atoms with Crippen molar-refractivity contribution < 1.29 is 9.26 Å². The van der Waals surface area contributed by atoms with E-state index in [-0.39, 0.29) is 0 Å². The summed E-state index contributed by atoms with van der Waals surface area (Å²) in [5, 5.41) is 7.24. The van der Waals surface area contributed by atoms with Crippen molar-refractivity contribution in [3.05, 3.63) is 11.7 Å². The molecule has 0 unspecified atom stereocenters. The minimum atomic E-state index is 0.425. The van der Waals surface area contributed by atoms with Crippen molar-refractivity contribution in [2.45, 2.75) is 32.4 Å². The van der Waals surface area contributed by atoms with Gasteiger partial charge in [-0.1, -0.05) is 5.16 Å². The maximum absolute atomic E-state index is 5.17. The highest BCUT2D eigenvalue weighted by Gasteiger charge is 2.30. The summed E-state index contributed by atoms with van der Waals surface area (Å²) in [5.41, 5.74) is 0. The fourth-order valence-electron chi connectivity index (χ4n) is 1.68. The molecule has 1 aromatic rings. The van der Waals surface area contributed by atoms with Crippen molar-refractivity contribution in [1.29, 1.82) is 0 Å². The zero-order chi connectivity index (χ0) is 10.7. The molecule has 1 aliphatic rings. The van der Waals surface area contributed by atoms with E-state index in [9.17, 15) is 0 Å². The van der Waals surface area contributed by atoms with Gasteiger partial charge in [-0.05, 0) is 18.8 Å². The Hall–Kier alpha value is -0.940. The highest BCUT2D eigenvalue weighted by atomic mass is 16.5. The number of hydrogen-bond acceptors (Lipinski definition) is 5. The molecule has 1 fully saturated rings. The standard InChI is InChI=1S/C10H17N3O2/c1-7-12-10(13-15-7)5-11-9(6-14-2)8-3-4-8/h8-9,11H,3-6H2,1-2H3/t9-/m0/s1. The van der Waals surface area contributed by atoms with Crippen LogP contribution >= 0.6 is 0 Å². The molecule has 0 aromatic carbocycles. The van der Waals surface area contributed by atoms with Gasteiger partial charge in [-0.3, -0.25) is 0 Å². The minimum absolute atomic E-state index is 0.425. The van der Waals surface area contributed by atoms with Gasteiger partial charge in [0.2, 0.25) is 5.89 Å². The number of methoxy groups -OCH3 is 1. The molecule has 2 rings (SSSR count). The summed E-state index contributed by atoms with van der Waals surface area (Å²) in [6.07, 6.45) is 2.60. The molecule has 0 spiro atoms. The molecule has 0 radical (unpaired) electrons. The molecule has 5 nitrogen and oxygen atoms in total. The summed E-state index contributed by atoms with van der Waals surface area (Å²) in [7, 11) is 1.73. The summed E-state index contributed by atoms with van der Waals surface area (Å²) < 4.78 is 10.1. The molecule has 15 heavy (non-hydrogen) atoms. The number of aromatic nitrogens is 2. The lowest BCUT2D eigenvalue weighted by molar-refractivity contribution is 0.156. The topological polar surface area (TPSA) is 60.2 Å². The lowest BCUT2D eigenvalue weighted by Gasteiger charge is -2.15. The quantitative estimate of drug-likeness (QED) is 0.757. The minimum Gasteiger partial charge on any atom is -0.383 e. The Morgan fingerprint density at radius 2 is 2.40 bits per heavy atom. The van der Waals surface area contributed by atoms with Crippen molar-refractivity contribution in [3.63, 3.8) is 0 Å². The van der Waals surface area contributed by atoms with E-state index in [1.165, 1.54) is 12.8 Å². The van der Waals surface area contributed by atoms with Gasteiger partial charge in [-0.2, -0.15) is 4.98 Å². The lowest BCUT2D eigenvalue weighted by Crippen LogP contribution is -2.34. The van der Waals surface area contributed by atoms with Crippen molar-refractivity contribution >= 4 is 0 Å². The second-order valence-electron chi connectivity index (χ2n) is 4.01. The molecule has 84 valence electrons. The van der Waals surface area contributed by atoms with Crippen LogP contribution in [0.2, 0.25) is 0 Å². The first-order chi connectivity index (χ1) is 7.29. The van der Waals surface area contributed by atoms with Gasteiger partial charge >= 0.3 is 0 Å². The fraction of sp³-hybridized carbons (Fsp3) is 0.800. The fourth-order valence-corrected chi connectivity index (χ4v) is 1.68. The molecule has 0 saturated heterocycles. The first-order valence-electron chi connectivity index (χ1n) is 5.31. The highest BCUT2D eigenvalue weighted by molar-refractivity contribution is 4.89. The van der Waals surface area contributed by atoms with Crippen LogP contribution in [0.15, 0.2) is 4.52 Å². The molecule has 0 aliphatic heterocycles. The summed E-state index contributed by atoms with van der Waals surface area (Å²) in [4.78, 5) is 4.14. The molecule has 0 amide bonds. The summed E-state index contributed by atoms with van der Waals surface area (Å²) in [5.74, 6) is 2.09. The summed E-state index contributed by atoms with van der Waals surface area (Å²) >= 11 is 0. The van der Waals surface area contributed by atoms with Gasteiger partial charge < -0.3 is 14.6 Å². The third kappa shape index (κ3) is 3.00. The van der Waals surface area contributed by atoms with E-state index in [0.717, 1.165) is 12.5 Å². The van der Waals surface area contributed by atoms with Gasteiger partial charge in [0.1, 0.15) is 0 Å². The molecule has 1 saturated carbocycles. The van der Waals surface area contributed by atoms with Crippen LogP contribution in [0.4, 0.5) is 0 Å². The molecule has 5 heteroatoms. The van der Waals surface area contributed by atoms with E-state index < -0.39 is 0 Å². The molecular weight excluding hydrogens is 194 g/mol. The lowest BCUT2D eigenvalue weighted by atomic mass is 10.2. The van der Waals surface area contributed by atoms with E-state index in [1.54, 1.807) is 14.0 Å². The van der Waals surface area contributed by atoms with E-state index in [2.05, 4.69) is 15.5 Å². The number of ether oxygens (including phenoxy) is 1. The first-order valence-corrected chi connectivity index (χ1v) is 5.31. The summed E-state index contributed by atoms with van der Waals surface area (Å²) in [6.45, 7) is 3.20. The van der Waals surface area contributed by atoms with Crippen molar-refractivity contribution in [2.75, 3.05) is 13.7 Å². The number of nitrogens with one attached hydrogen (secondary N) is 1. The second kappa shape index (κ2) is 4.72. The van der Waals surface area contributed by atoms with E-state index in [4.69, 9.17) is 9.26 Å². The van der Waals surface area contributed by atoms with Crippen LogP contribution in [0.25, 0.3) is 0 Å². The predicted molar refractivity (Wildman–Crippen MR) is 54.3 cm³/mol. The van der Waals surface area contributed by atoms with E-state index in [1.807, 2.05) is 0 Å². The molecule has 1 atom stereocenters. The molecule has 0 bridgehead atoms. The van der Waals surface area contributed by atoms with Crippen molar-refractivity contribution in [2.24, 2.45) is 5.92 Å². The SMILES string of the molecule is COC[C@H](NCc1noc(C)n1)C1CC1. The van der Waals surface area contributed by atoms with Crippen LogP contribution in [0.1, 0.15) is 24.6 Å². The average molecular weight is 211 g/mol. The summed E-state index contributed by atoms with van der Waals surface area (Å²) in [6, 6.07) is 0.425. The van der Waals surface area contributed by atoms with Crippen molar-refractivity contribution in [3.8, 4) is 0 Å². The Morgan fingerprint density at radius 1 is 1.60 bits per heavy atom. The van der Waals surface area contributed by atoms with E-state index >= 15 is 0 Å². The van der Waals surface area contributed by atoms with Gasteiger partial charge in [0, 0.05) is 20.1 Å². The van der Waals surface area contributed by atoms with Gasteiger partial charge in [0.15, 0.2) is 5.82 Å². The van der Waals surface area contributed by atoms with Gasteiger partial charge in [-0.25, -0.2) is 0 Å². The van der Waals surface area contributed by atoms with Crippen LogP contribution in [0.5, 0.6) is 0 Å².